The molecule has 1 rings (SSSR count). The summed E-state index contributed by atoms with van der Waals surface area (Å²) in [6.45, 7) is 2.29. The van der Waals surface area contributed by atoms with Gasteiger partial charge in [0, 0.05) is 13.6 Å². The van der Waals surface area contributed by atoms with Crippen LogP contribution in [0.1, 0.15) is 12.5 Å². The Morgan fingerprint density at radius 2 is 1.95 bits per heavy atom. The molecule has 0 aliphatic heterocycles. The number of amides is 1. The van der Waals surface area contributed by atoms with Gasteiger partial charge in [0.05, 0.1) is 13.7 Å². The lowest BCUT2D eigenvalue weighted by Crippen LogP contribution is -2.35. The lowest BCUT2D eigenvalue weighted by Gasteiger charge is -2.16. The van der Waals surface area contributed by atoms with Crippen molar-refractivity contribution in [2.75, 3.05) is 27.3 Å². The second-order valence-corrected chi connectivity index (χ2v) is 4.01. The van der Waals surface area contributed by atoms with Crippen LogP contribution in [0, 0.1) is 0 Å². The molecule has 0 saturated carbocycles. The van der Waals surface area contributed by atoms with Gasteiger partial charge >= 0.3 is 11.9 Å². The van der Waals surface area contributed by atoms with E-state index in [0.29, 0.717) is 13.0 Å². The molecular formula is C14H19NO4. The van der Waals surface area contributed by atoms with Gasteiger partial charge in [-0.05, 0) is 25.0 Å². The van der Waals surface area contributed by atoms with Crippen molar-refractivity contribution in [3.63, 3.8) is 0 Å². The van der Waals surface area contributed by atoms with Crippen LogP contribution in [-0.4, -0.2) is 44.1 Å². The van der Waals surface area contributed by atoms with E-state index in [0.717, 1.165) is 11.3 Å². The molecule has 0 aromatic heterocycles. The lowest BCUT2D eigenvalue weighted by molar-refractivity contribution is -0.159. The number of carbonyl (C=O) groups is 2. The van der Waals surface area contributed by atoms with Crippen LogP contribution in [0.25, 0.3) is 0 Å². The highest BCUT2D eigenvalue weighted by Gasteiger charge is 2.19. The van der Waals surface area contributed by atoms with E-state index >= 15 is 0 Å². The molecule has 0 bridgehead atoms. The van der Waals surface area contributed by atoms with Gasteiger partial charge in [-0.3, -0.25) is 4.79 Å². The van der Waals surface area contributed by atoms with Crippen LogP contribution in [0.15, 0.2) is 24.3 Å². The molecular weight excluding hydrogens is 246 g/mol. The summed E-state index contributed by atoms with van der Waals surface area (Å²) < 4.78 is 9.90. The Balaban J connectivity index is 2.56. The van der Waals surface area contributed by atoms with E-state index in [2.05, 4.69) is 4.74 Å². The maximum atomic E-state index is 11.6. The summed E-state index contributed by atoms with van der Waals surface area (Å²) in [4.78, 5) is 24.3. The standard InChI is InChI=1S/C14H19NO4/c1-4-19-14(17)13(16)15(2)10-9-11-7-5-6-8-12(11)18-3/h5-8H,4,9-10H2,1-3H3. The van der Waals surface area contributed by atoms with E-state index in [1.54, 1.807) is 21.1 Å². The summed E-state index contributed by atoms with van der Waals surface area (Å²) in [7, 11) is 3.18. The summed E-state index contributed by atoms with van der Waals surface area (Å²) in [5.74, 6) is -0.666. The first-order chi connectivity index (χ1) is 9.10. The minimum atomic E-state index is -0.815. The number of ether oxygens (including phenoxy) is 2. The van der Waals surface area contributed by atoms with Crippen molar-refractivity contribution in [3.8, 4) is 5.75 Å². The topological polar surface area (TPSA) is 55.8 Å². The van der Waals surface area contributed by atoms with E-state index in [-0.39, 0.29) is 6.61 Å². The van der Waals surface area contributed by atoms with Gasteiger partial charge in [-0.1, -0.05) is 18.2 Å². The molecule has 0 radical (unpaired) electrons. The fourth-order valence-electron chi connectivity index (χ4n) is 1.65. The highest BCUT2D eigenvalue weighted by atomic mass is 16.5. The number of para-hydroxylation sites is 1. The lowest BCUT2D eigenvalue weighted by atomic mass is 10.1. The van der Waals surface area contributed by atoms with Crippen molar-refractivity contribution in [2.45, 2.75) is 13.3 Å². The van der Waals surface area contributed by atoms with Crippen molar-refractivity contribution < 1.29 is 19.1 Å². The third-order valence-electron chi connectivity index (χ3n) is 2.71. The molecule has 1 aromatic rings. The minimum absolute atomic E-state index is 0.199. The molecule has 0 heterocycles. The molecule has 19 heavy (non-hydrogen) atoms. The summed E-state index contributed by atoms with van der Waals surface area (Å²) >= 11 is 0. The minimum Gasteiger partial charge on any atom is -0.496 e. The van der Waals surface area contributed by atoms with E-state index in [9.17, 15) is 9.59 Å². The van der Waals surface area contributed by atoms with E-state index in [1.165, 1.54) is 4.90 Å². The van der Waals surface area contributed by atoms with Crippen molar-refractivity contribution in [2.24, 2.45) is 0 Å². The van der Waals surface area contributed by atoms with E-state index in [4.69, 9.17) is 4.74 Å². The highest BCUT2D eigenvalue weighted by molar-refractivity contribution is 6.32. The Kier molecular flexibility index (Phi) is 5.85. The molecule has 0 spiro atoms. The predicted octanol–water partition coefficient (Wildman–Crippen LogP) is 1.26. The Labute approximate surface area is 113 Å². The zero-order valence-electron chi connectivity index (χ0n) is 11.5. The third-order valence-corrected chi connectivity index (χ3v) is 2.71. The molecule has 1 amide bonds. The number of methoxy groups -OCH3 is 1. The zero-order valence-corrected chi connectivity index (χ0v) is 11.5. The molecule has 0 N–H and O–H groups in total. The largest absolute Gasteiger partial charge is 0.496 e. The average molecular weight is 265 g/mol. The van der Waals surface area contributed by atoms with Crippen LogP contribution in [0.4, 0.5) is 0 Å². The number of carbonyl (C=O) groups excluding carboxylic acids is 2. The average Bonchev–Trinajstić information content (AvgIpc) is 2.44. The molecule has 5 nitrogen and oxygen atoms in total. The molecule has 0 unspecified atom stereocenters. The van der Waals surface area contributed by atoms with Gasteiger partial charge in [0.1, 0.15) is 5.75 Å². The summed E-state index contributed by atoms with van der Waals surface area (Å²) in [6, 6.07) is 7.59. The van der Waals surface area contributed by atoms with Crippen LogP contribution in [0.5, 0.6) is 5.75 Å². The normalized spacial score (nSPS) is 9.84. The van der Waals surface area contributed by atoms with Crippen molar-refractivity contribution in [1.82, 2.24) is 4.90 Å². The monoisotopic (exact) mass is 265 g/mol. The van der Waals surface area contributed by atoms with Gasteiger partial charge in [-0.25, -0.2) is 4.79 Å². The first-order valence-electron chi connectivity index (χ1n) is 6.14. The highest BCUT2D eigenvalue weighted by Crippen LogP contribution is 2.17. The van der Waals surface area contributed by atoms with Gasteiger partial charge in [0.15, 0.2) is 0 Å². The fraction of sp³-hybridized carbons (Fsp3) is 0.429. The number of esters is 1. The smallest absolute Gasteiger partial charge is 0.396 e. The van der Waals surface area contributed by atoms with Gasteiger partial charge in [-0.15, -0.1) is 0 Å². The number of hydrogen-bond donors (Lipinski definition) is 0. The molecule has 0 saturated heterocycles. The predicted molar refractivity (Wildman–Crippen MR) is 71.0 cm³/mol. The van der Waals surface area contributed by atoms with Crippen LogP contribution in [0.3, 0.4) is 0 Å². The van der Waals surface area contributed by atoms with Crippen molar-refractivity contribution in [1.29, 1.82) is 0 Å². The first-order valence-corrected chi connectivity index (χ1v) is 6.14. The SMILES string of the molecule is CCOC(=O)C(=O)N(C)CCc1ccccc1OC. The molecule has 0 atom stereocenters. The number of hydrogen-bond acceptors (Lipinski definition) is 4. The molecule has 0 aliphatic carbocycles. The van der Waals surface area contributed by atoms with Crippen LogP contribution in [0.2, 0.25) is 0 Å². The van der Waals surface area contributed by atoms with E-state index < -0.39 is 11.9 Å². The zero-order chi connectivity index (χ0) is 14.3. The first kappa shape index (κ1) is 15.0. The van der Waals surface area contributed by atoms with Crippen LogP contribution >= 0.6 is 0 Å². The third kappa shape index (κ3) is 4.28. The van der Waals surface area contributed by atoms with Gasteiger partial charge in [0.25, 0.3) is 0 Å². The molecule has 5 heteroatoms. The summed E-state index contributed by atoms with van der Waals surface area (Å²) in [6.07, 6.45) is 0.617. The number of rotatable bonds is 5. The van der Waals surface area contributed by atoms with Gasteiger partial charge in [-0.2, -0.15) is 0 Å². The Hall–Kier alpha value is -2.04. The number of likely N-dealkylation sites (N-methyl/N-ethyl adjacent to an activating group) is 1. The van der Waals surface area contributed by atoms with Crippen molar-refractivity contribution in [3.05, 3.63) is 29.8 Å². The van der Waals surface area contributed by atoms with E-state index in [1.807, 2.05) is 24.3 Å². The Bertz CT molecular complexity index is 445. The van der Waals surface area contributed by atoms with Crippen LogP contribution < -0.4 is 4.74 Å². The Morgan fingerprint density at radius 1 is 1.26 bits per heavy atom. The quantitative estimate of drug-likeness (QED) is 0.594. The maximum absolute atomic E-state index is 11.6. The number of nitrogens with zero attached hydrogens (tertiary/aromatic N) is 1. The van der Waals surface area contributed by atoms with Crippen molar-refractivity contribution >= 4 is 11.9 Å². The molecule has 0 fully saturated rings. The van der Waals surface area contributed by atoms with Gasteiger partial charge < -0.3 is 14.4 Å². The summed E-state index contributed by atoms with van der Waals surface area (Å²) in [5.41, 5.74) is 0.994. The molecule has 0 aliphatic rings. The van der Waals surface area contributed by atoms with Gasteiger partial charge in [0.2, 0.25) is 0 Å². The summed E-state index contributed by atoms with van der Waals surface area (Å²) in [5, 5.41) is 0. The van der Waals surface area contributed by atoms with Crippen LogP contribution in [-0.2, 0) is 20.7 Å². The fourth-order valence-corrected chi connectivity index (χ4v) is 1.65. The Morgan fingerprint density at radius 3 is 2.58 bits per heavy atom. The second kappa shape index (κ2) is 7.41. The molecule has 1 aromatic carbocycles. The maximum Gasteiger partial charge on any atom is 0.396 e. The molecule has 104 valence electrons. The second-order valence-electron chi connectivity index (χ2n) is 4.01. The number of benzene rings is 1.